The molecule has 0 aromatic heterocycles. The van der Waals surface area contributed by atoms with Gasteiger partial charge in [-0.1, -0.05) is 34.1 Å². The molecule has 17 heavy (non-hydrogen) atoms. The number of carbonyl (C=O) groups excluding carboxylic acids is 2. The summed E-state index contributed by atoms with van der Waals surface area (Å²) in [4.78, 5) is 16.7. The van der Waals surface area contributed by atoms with E-state index in [4.69, 9.17) is 30.6 Å². The minimum absolute atomic E-state index is 0.366. The SMILES string of the molecule is CCC(C)CC(C)(C)C(O)O.N=C=O.N=C=O. The minimum atomic E-state index is -1.20. The molecular formula is C11H22N2O4. The molecule has 0 radical (unpaired) electrons. The summed E-state index contributed by atoms with van der Waals surface area (Å²) in [6.45, 7) is 8.00. The number of rotatable bonds is 4. The first-order valence-electron chi connectivity index (χ1n) is 5.17. The second kappa shape index (κ2) is 12.7. The van der Waals surface area contributed by atoms with Gasteiger partial charge in [0, 0.05) is 5.41 Å². The van der Waals surface area contributed by atoms with Gasteiger partial charge < -0.3 is 10.2 Å². The Labute approximate surface area is 102 Å². The van der Waals surface area contributed by atoms with Crippen molar-refractivity contribution >= 4 is 12.2 Å². The molecule has 4 N–H and O–H groups in total. The molecule has 1 atom stereocenters. The van der Waals surface area contributed by atoms with Crippen LogP contribution >= 0.6 is 0 Å². The van der Waals surface area contributed by atoms with Gasteiger partial charge in [-0.2, -0.15) is 0 Å². The van der Waals surface area contributed by atoms with Gasteiger partial charge in [0.15, 0.2) is 6.29 Å². The predicted molar refractivity (Wildman–Crippen MR) is 62.9 cm³/mol. The molecule has 0 saturated heterocycles. The first kappa shape index (κ1) is 21.0. The van der Waals surface area contributed by atoms with Crippen LogP contribution in [0.3, 0.4) is 0 Å². The summed E-state index contributed by atoms with van der Waals surface area (Å²) >= 11 is 0. The molecule has 100 valence electrons. The van der Waals surface area contributed by atoms with Crippen LogP contribution in [-0.4, -0.2) is 28.7 Å². The molecule has 0 aromatic rings. The molecule has 6 nitrogen and oxygen atoms in total. The number of aliphatic hydroxyl groups is 2. The van der Waals surface area contributed by atoms with Crippen molar-refractivity contribution in [2.24, 2.45) is 11.3 Å². The van der Waals surface area contributed by atoms with Crippen LogP contribution in [0.15, 0.2) is 0 Å². The Balaban J connectivity index is -0.000000273. The van der Waals surface area contributed by atoms with Crippen LogP contribution < -0.4 is 0 Å². The Bertz CT molecular complexity index is 228. The lowest BCUT2D eigenvalue weighted by molar-refractivity contribution is -0.128. The first-order chi connectivity index (χ1) is 7.73. The second-order valence-electron chi connectivity index (χ2n) is 4.28. The quantitative estimate of drug-likeness (QED) is 0.341. The van der Waals surface area contributed by atoms with Gasteiger partial charge in [0.1, 0.15) is 0 Å². The molecule has 0 fully saturated rings. The van der Waals surface area contributed by atoms with Crippen LogP contribution in [0.4, 0.5) is 0 Å². The van der Waals surface area contributed by atoms with Crippen molar-refractivity contribution in [3.05, 3.63) is 0 Å². The Hall–Kier alpha value is -1.32. The molecule has 0 heterocycles. The van der Waals surface area contributed by atoms with Gasteiger partial charge in [0.05, 0.1) is 0 Å². The van der Waals surface area contributed by atoms with Crippen molar-refractivity contribution in [2.75, 3.05) is 0 Å². The highest BCUT2D eigenvalue weighted by Gasteiger charge is 2.27. The fraction of sp³-hybridized carbons (Fsp3) is 0.818. The van der Waals surface area contributed by atoms with E-state index in [1.807, 2.05) is 13.8 Å². The summed E-state index contributed by atoms with van der Waals surface area (Å²) in [6.07, 6.45) is 2.26. The van der Waals surface area contributed by atoms with E-state index in [0.717, 1.165) is 25.0 Å². The third kappa shape index (κ3) is 17.3. The zero-order valence-electron chi connectivity index (χ0n) is 10.8. The van der Waals surface area contributed by atoms with Crippen LogP contribution in [0.2, 0.25) is 0 Å². The number of hydrogen-bond donors (Lipinski definition) is 4. The van der Waals surface area contributed by atoms with Crippen molar-refractivity contribution in [1.82, 2.24) is 0 Å². The van der Waals surface area contributed by atoms with Gasteiger partial charge in [-0.3, -0.25) is 0 Å². The standard InChI is InChI=1S/C9H20O2.2CHNO/c1-5-7(2)6-9(3,4)8(10)11;2*2-1-3/h7-8,10-11H,5-6H2,1-4H3;2*2H. The first-order valence-corrected chi connectivity index (χ1v) is 5.17. The van der Waals surface area contributed by atoms with Gasteiger partial charge in [-0.05, 0) is 12.3 Å². The number of nitrogens with one attached hydrogen (secondary N) is 2. The van der Waals surface area contributed by atoms with Gasteiger partial charge in [-0.15, -0.1) is 0 Å². The zero-order valence-corrected chi connectivity index (χ0v) is 10.8. The largest absolute Gasteiger partial charge is 0.368 e. The molecule has 0 spiro atoms. The van der Waals surface area contributed by atoms with Crippen molar-refractivity contribution < 1.29 is 19.8 Å². The van der Waals surface area contributed by atoms with Crippen LogP contribution in [0.5, 0.6) is 0 Å². The van der Waals surface area contributed by atoms with Gasteiger partial charge in [-0.25, -0.2) is 20.4 Å². The molecule has 0 aromatic carbocycles. The topological polar surface area (TPSA) is 122 Å². The van der Waals surface area contributed by atoms with Crippen LogP contribution in [0.25, 0.3) is 0 Å². The zero-order chi connectivity index (χ0) is 14.5. The van der Waals surface area contributed by atoms with E-state index in [2.05, 4.69) is 13.8 Å². The van der Waals surface area contributed by atoms with Crippen LogP contribution in [-0.2, 0) is 9.59 Å². The fourth-order valence-electron chi connectivity index (χ4n) is 1.15. The molecule has 0 amide bonds. The van der Waals surface area contributed by atoms with E-state index in [-0.39, 0.29) is 5.41 Å². The van der Waals surface area contributed by atoms with Crippen molar-refractivity contribution in [2.45, 2.75) is 46.8 Å². The van der Waals surface area contributed by atoms with E-state index < -0.39 is 6.29 Å². The maximum absolute atomic E-state index is 8.98. The lowest BCUT2D eigenvalue weighted by Crippen LogP contribution is -2.30. The second-order valence-corrected chi connectivity index (χ2v) is 4.28. The maximum Gasteiger partial charge on any atom is 0.231 e. The fourth-order valence-corrected chi connectivity index (χ4v) is 1.15. The molecule has 0 bridgehead atoms. The van der Waals surface area contributed by atoms with E-state index in [1.165, 1.54) is 0 Å². The summed E-state index contributed by atoms with van der Waals surface area (Å²) in [5, 5.41) is 28.8. The molecule has 0 saturated carbocycles. The number of hydrogen-bond acceptors (Lipinski definition) is 6. The predicted octanol–water partition coefficient (Wildman–Crippen LogP) is 1.56. The van der Waals surface area contributed by atoms with E-state index >= 15 is 0 Å². The Morgan fingerprint density at radius 2 is 1.47 bits per heavy atom. The van der Waals surface area contributed by atoms with E-state index in [9.17, 15) is 0 Å². The minimum Gasteiger partial charge on any atom is -0.368 e. The molecule has 0 aliphatic heterocycles. The van der Waals surface area contributed by atoms with Crippen LogP contribution in [0, 0.1) is 22.2 Å². The monoisotopic (exact) mass is 246 g/mol. The molecule has 0 aliphatic rings. The highest BCUT2D eigenvalue weighted by atomic mass is 16.5. The summed E-state index contributed by atoms with van der Waals surface area (Å²) in [5.74, 6) is 0.562. The number of isocyanates is 2. The Morgan fingerprint density at radius 1 is 1.18 bits per heavy atom. The normalized spacial score (nSPS) is 11.0. The van der Waals surface area contributed by atoms with E-state index in [0.29, 0.717) is 5.92 Å². The van der Waals surface area contributed by atoms with Crippen molar-refractivity contribution in [3.8, 4) is 0 Å². The highest BCUT2D eigenvalue weighted by Crippen LogP contribution is 2.29. The smallest absolute Gasteiger partial charge is 0.231 e. The summed E-state index contributed by atoms with van der Waals surface area (Å²) in [7, 11) is 0. The van der Waals surface area contributed by atoms with Gasteiger partial charge >= 0.3 is 0 Å². The van der Waals surface area contributed by atoms with Crippen LogP contribution in [0.1, 0.15) is 40.5 Å². The molecule has 1 unspecified atom stereocenters. The number of aliphatic hydroxyl groups excluding tert-OH is 1. The Kier molecular flexibility index (Phi) is 15.8. The van der Waals surface area contributed by atoms with Gasteiger partial charge in [0.25, 0.3) is 0 Å². The van der Waals surface area contributed by atoms with Crippen molar-refractivity contribution in [1.29, 1.82) is 10.8 Å². The lowest BCUT2D eigenvalue weighted by Gasteiger charge is -2.29. The molecular weight excluding hydrogens is 224 g/mol. The summed E-state index contributed by atoms with van der Waals surface area (Å²) in [6, 6.07) is 0. The molecule has 0 rings (SSSR count). The molecule has 0 aliphatic carbocycles. The third-order valence-electron chi connectivity index (χ3n) is 2.27. The summed E-state index contributed by atoms with van der Waals surface area (Å²) < 4.78 is 0. The average molecular weight is 246 g/mol. The highest BCUT2D eigenvalue weighted by molar-refractivity contribution is 5.26. The Morgan fingerprint density at radius 3 is 1.65 bits per heavy atom. The lowest BCUT2D eigenvalue weighted by atomic mass is 9.82. The molecule has 6 heteroatoms. The van der Waals surface area contributed by atoms with Gasteiger partial charge in [0.2, 0.25) is 12.2 Å². The van der Waals surface area contributed by atoms with Crippen molar-refractivity contribution in [3.63, 3.8) is 0 Å². The third-order valence-corrected chi connectivity index (χ3v) is 2.27. The average Bonchev–Trinajstić information content (AvgIpc) is 2.19. The summed E-state index contributed by atoms with van der Waals surface area (Å²) in [5.41, 5.74) is -0.366. The maximum atomic E-state index is 8.98. The van der Waals surface area contributed by atoms with E-state index in [1.54, 1.807) is 0 Å².